The van der Waals surface area contributed by atoms with Gasteiger partial charge in [0.25, 0.3) is 5.69 Å². The number of nitro benzene ring substituents is 1. The lowest BCUT2D eigenvalue weighted by atomic mass is 9.95. The summed E-state index contributed by atoms with van der Waals surface area (Å²) in [7, 11) is 0. The highest BCUT2D eigenvalue weighted by atomic mass is 16.6. The number of nitro groups is 1. The molecule has 0 aliphatic carbocycles. The molecule has 6 heteroatoms. The van der Waals surface area contributed by atoms with E-state index in [1.54, 1.807) is 19.9 Å². The van der Waals surface area contributed by atoms with Crippen LogP contribution in [0.3, 0.4) is 0 Å². The van der Waals surface area contributed by atoms with Gasteiger partial charge in [-0.25, -0.2) is 4.79 Å². The van der Waals surface area contributed by atoms with Crippen LogP contribution in [0.5, 0.6) is 0 Å². The van der Waals surface area contributed by atoms with Crippen LogP contribution in [0.2, 0.25) is 0 Å². The van der Waals surface area contributed by atoms with Crippen molar-refractivity contribution in [2.75, 3.05) is 5.32 Å². The zero-order valence-corrected chi connectivity index (χ0v) is 11.3. The average Bonchev–Trinajstić information content (AvgIpc) is 2.31. The Morgan fingerprint density at radius 2 is 2.16 bits per heavy atom. The number of aliphatic carboxylic acids is 1. The Kier molecular flexibility index (Phi) is 4.47. The fourth-order valence-electron chi connectivity index (χ4n) is 1.88. The number of hydrogen-bond donors (Lipinski definition) is 2. The molecule has 0 spiro atoms. The first-order valence-electron chi connectivity index (χ1n) is 6.07. The Labute approximate surface area is 111 Å². The minimum Gasteiger partial charge on any atom is -0.480 e. The SMILES string of the molecule is CCCC(C)(Nc1cc([N+](=O)[O-])ccc1C)C(=O)O. The number of anilines is 1. The summed E-state index contributed by atoms with van der Waals surface area (Å²) in [5, 5.41) is 23.0. The number of nitrogens with one attached hydrogen (secondary N) is 1. The Balaban J connectivity index is 3.12. The molecule has 1 rings (SSSR count). The molecule has 1 atom stereocenters. The van der Waals surface area contributed by atoms with Crippen LogP contribution in [0.25, 0.3) is 0 Å². The van der Waals surface area contributed by atoms with Crippen molar-refractivity contribution in [3.8, 4) is 0 Å². The molecule has 0 heterocycles. The molecule has 0 aromatic heterocycles. The van der Waals surface area contributed by atoms with E-state index in [0.717, 1.165) is 5.56 Å². The first-order chi connectivity index (χ1) is 8.80. The van der Waals surface area contributed by atoms with Crippen molar-refractivity contribution >= 4 is 17.3 Å². The lowest BCUT2D eigenvalue weighted by Crippen LogP contribution is -2.43. The molecule has 19 heavy (non-hydrogen) atoms. The van der Waals surface area contributed by atoms with Crippen molar-refractivity contribution in [3.05, 3.63) is 33.9 Å². The van der Waals surface area contributed by atoms with Gasteiger partial charge in [0.05, 0.1) is 4.92 Å². The van der Waals surface area contributed by atoms with Gasteiger partial charge in [0, 0.05) is 17.8 Å². The van der Waals surface area contributed by atoms with E-state index in [1.165, 1.54) is 12.1 Å². The first-order valence-corrected chi connectivity index (χ1v) is 6.07. The van der Waals surface area contributed by atoms with Crippen LogP contribution in [-0.2, 0) is 4.79 Å². The highest BCUT2D eigenvalue weighted by Crippen LogP contribution is 2.27. The second kappa shape index (κ2) is 5.69. The summed E-state index contributed by atoms with van der Waals surface area (Å²) >= 11 is 0. The second-order valence-electron chi connectivity index (χ2n) is 4.77. The van der Waals surface area contributed by atoms with Crippen molar-refractivity contribution in [2.24, 2.45) is 0 Å². The van der Waals surface area contributed by atoms with Gasteiger partial charge in [0.15, 0.2) is 0 Å². The van der Waals surface area contributed by atoms with E-state index in [1.807, 2.05) is 6.92 Å². The van der Waals surface area contributed by atoms with Crippen LogP contribution in [0, 0.1) is 17.0 Å². The quantitative estimate of drug-likeness (QED) is 0.610. The lowest BCUT2D eigenvalue weighted by molar-refractivity contribution is -0.384. The zero-order valence-electron chi connectivity index (χ0n) is 11.3. The normalized spacial score (nSPS) is 13.6. The number of aryl methyl sites for hydroxylation is 1. The molecule has 0 bridgehead atoms. The van der Waals surface area contributed by atoms with Crippen molar-refractivity contribution in [2.45, 2.75) is 39.2 Å². The van der Waals surface area contributed by atoms with Crippen LogP contribution >= 0.6 is 0 Å². The fourth-order valence-corrected chi connectivity index (χ4v) is 1.88. The van der Waals surface area contributed by atoms with Crippen molar-refractivity contribution < 1.29 is 14.8 Å². The number of hydrogen-bond acceptors (Lipinski definition) is 4. The van der Waals surface area contributed by atoms with Crippen LogP contribution in [0.1, 0.15) is 32.3 Å². The molecular formula is C13H18N2O4. The Morgan fingerprint density at radius 1 is 1.53 bits per heavy atom. The molecule has 0 fully saturated rings. The molecule has 1 aromatic rings. The maximum atomic E-state index is 11.3. The first kappa shape index (κ1) is 14.9. The molecule has 1 aromatic carbocycles. The predicted octanol–water partition coefficient (Wildman–Crippen LogP) is 2.96. The lowest BCUT2D eigenvalue weighted by Gasteiger charge is -2.27. The van der Waals surface area contributed by atoms with Gasteiger partial charge in [-0.2, -0.15) is 0 Å². The van der Waals surface area contributed by atoms with Gasteiger partial charge in [0.1, 0.15) is 5.54 Å². The van der Waals surface area contributed by atoms with Gasteiger partial charge >= 0.3 is 5.97 Å². The number of carboxylic acid groups (broad SMARTS) is 1. The highest BCUT2D eigenvalue weighted by Gasteiger charge is 2.32. The number of benzene rings is 1. The number of carboxylic acids is 1. The van der Waals surface area contributed by atoms with Gasteiger partial charge in [-0.1, -0.05) is 19.4 Å². The maximum Gasteiger partial charge on any atom is 0.329 e. The number of non-ortho nitro benzene ring substituents is 1. The van der Waals surface area contributed by atoms with E-state index < -0.39 is 16.4 Å². The summed E-state index contributed by atoms with van der Waals surface area (Å²) in [6.45, 7) is 5.25. The van der Waals surface area contributed by atoms with Crippen molar-refractivity contribution in [3.63, 3.8) is 0 Å². The van der Waals surface area contributed by atoms with Crippen LogP contribution < -0.4 is 5.32 Å². The third-order valence-corrected chi connectivity index (χ3v) is 3.06. The molecule has 0 amide bonds. The third kappa shape index (κ3) is 3.43. The smallest absolute Gasteiger partial charge is 0.329 e. The molecule has 0 aliphatic rings. The highest BCUT2D eigenvalue weighted by molar-refractivity contribution is 5.82. The summed E-state index contributed by atoms with van der Waals surface area (Å²) in [4.78, 5) is 21.6. The standard InChI is InChI=1S/C13H18N2O4/c1-4-7-13(3,12(16)17)14-11-8-10(15(18)19)6-5-9(11)2/h5-6,8,14H,4,7H2,1-3H3,(H,16,17). The number of rotatable bonds is 6. The Bertz CT molecular complexity index is 501. The van der Waals surface area contributed by atoms with Crippen LogP contribution in [0.4, 0.5) is 11.4 Å². The molecule has 2 N–H and O–H groups in total. The zero-order chi connectivity index (χ0) is 14.6. The largest absolute Gasteiger partial charge is 0.480 e. The van der Waals surface area contributed by atoms with Crippen LogP contribution in [-0.4, -0.2) is 21.5 Å². The van der Waals surface area contributed by atoms with E-state index >= 15 is 0 Å². The second-order valence-corrected chi connectivity index (χ2v) is 4.77. The molecule has 6 nitrogen and oxygen atoms in total. The molecule has 104 valence electrons. The third-order valence-electron chi connectivity index (χ3n) is 3.06. The monoisotopic (exact) mass is 266 g/mol. The summed E-state index contributed by atoms with van der Waals surface area (Å²) < 4.78 is 0. The molecule has 1 unspecified atom stereocenters. The van der Waals surface area contributed by atoms with Gasteiger partial charge in [0.2, 0.25) is 0 Å². The van der Waals surface area contributed by atoms with E-state index in [0.29, 0.717) is 18.5 Å². The Hall–Kier alpha value is -2.11. The number of carbonyl (C=O) groups is 1. The van der Waals surface area contributed by atoms with Gasteiger partial charge in [-0.05, 0) is 25.8 Å². The maximum absolute atomic E-state index is 11.3. The van der Waals surface area contributed by atoms with Gasteiger partial charge in [-0.15, -0.1) is 0 Å². The minimum atomic E-state index is -1.13. The molecular weight excluding hydrogens is 248 g/mol. The average molecular weight is 266 g/mol. The number of nitrogens with zero attached hydrogens (tertiary/aromatic N) is 1. The van der Waals surface area contributed by atoms with Crippen molar-refractivity contribution in [1.82, 2.24) is 0 Å². The minimum absolute atomic E-state index is 0.0580. The van der Waals surface area contributed by atoms with Gasteiger partial charge < -0.3 is 10.4 Å². The molecule has 0 saturated carbocycles. The molecule has 0 radical (unpaired) electrons. The van der Waals surface area contributed by atoms with E-state index in [4.69, 9.17) is 0 Å². The van der Waals surface area contributed by atoms with E-state index in [2.05, 4.69) is 5.32 Å². The van der Waals surface area contributed by atoms with E-state index in [9.17, 15) is 20.0 Å². The van der Waals surface area contributed by atoms with Crippen LogP contribution in [0.15, 0.2) is 18.2 Å². The topological polar surface area (TPSA) is 92.5 Å². The summed E-state index contributed by atoms with van der Waals surface area (Å²) in [6, 6.07) is 4.37. The molecule has 0 saturated heterocycles. The molecule has 0 aliphatic heterocycles. The van der Waals surface area contributed by atoms with E-state index in [-0.39, 0.29) is 5.69 Å². The van der Waals surface area contributed by atoms with Crippen molar-refractivity contribution in [1.29, 1.82) is 0 Å². The summed E-state index contributed by atoms with van der Waals surface area (Å²) in [5.74, 6) is -0.972. The Morgan fingerprint density at radius 3 is 2.63 bits per heavy atom. The summed E-state index contributed by atoms with van der Waals surface area (Å²) in [6.07, 6.45) is 1.13. The summed E-state index contributed by atoms with van der Waals surface area (Å²) in [5.41, 5.74) is 0.0634. The predicted molar refractivity (Wildman–Crippen MR) is 72.4 cm³/mol. The fraction of sp³-hybridized carbons (Fsp3) is 0.462. The van der Waals surface area contributed by atoms with Gasteiger partial charge in [-0.3, -0.25) is 10.1 Å².